The number of alkyl halides is 7. The second kappa shape index (κ2) is 29.4. The quantitative estimate of drug-likeness (QED) is 0.0238. The van der Waals surface area contributed by atoms with Crippen LogP contribution in [0.2, 0.25) is 15.3 Å². The number of fused-ring (bicyclic) bond motifs is 2. The molecule has 416 valence electrons. The van der Waals surface area contributed by atoms with E-state index in [1.165, 1.54) is 47.2 Å². The Hall–Kier alpha value is -3.56. The average molecular weight is 1390 g/mol. The first kappa shape index (κ1) is 62.0. The van der Waals surface area contributed by atoms with E-state index in [2.05, 4.69) is 113 Å². The standard InChI is InChI=1S/C27H25BrClF3N4.C15H20BrF3IN2.C13H8Cl2N2.CH4NP/c28-18-11-8-17(9-12-18)25(27(30,31)32)34-19-5-3-6-20(14-19)35-26-33-15-23(29)24(36-26)22-13-10-16-4-1-2-7-21(16)22;16-12-6-4-11(5-7-12)14(15(17,18)19)22-13-3-1-2-10(8-13)9-20-21;14-11-7-16-13(15)17-12(11)10-6-5-8-3-1-2-4-9(8)10;1-2-3/h1-2,4,7-9,11-13,15,19-20,25,34H,3,5-6,10,14H2,(H,33,35,36);4-7,10,13-14,22H,1-3,8-9,21H2;1-4,6-7H,5H2;3H,1H3/q;-1;;/t19-,20+,25+;10-,13+,14-;;/m01../s1. The van der Waals surface area contributed by atoms with Crippen molar-refractivity contribution in [1.29, 1.82) is 0 Å². The van der Waals surface area contributed by atoms with E-state index in [1.54, 1.807) is 37.5 Å². The van der Waals surface area contributed by atoms with Gasteiger partial charge in [0, 0.05) is 34.8 Å². The molecule has 0 bridgehead atoms. The van der Waals surface area contributed by atoms with E-state index in [-0.39, 0.29) is 56.0 Å². The van der Waals surface area contributed by atoms with Gasteiger partial charge in [-0.2, -0.15) is 13.2 Å². The van der Waals surface area contributed by atoms with Crippen LogP contribution in [-0.2, 0) is 12.8 Å². The Kier molecular flexibility index (Phi) is 23.4. The molecule has 4 aromatic carbocycles. The van der Waals surface area contributed by atoms with Gasteiger partial charge < -0.3 is 5.32 Å². The van der Waals surface area contributed by atoms with Crippen molar-refractivity contribution in [2.24, 2.45) is 14.6 Å². The van der Waals surface area contributed by atoms with E-state index in [1.807, 2.05) is 24.3 Å². The molecule has 5 N–H and O–H groups in total. The summed E-state index contributed by atoms with van der Waals surface area (Å²) in [5.74, 6) is 0.925. The Morgan fingerprint density at radius 2 is 1.10 bits per heavy atom. The molecule has 9 nitrogen and oxygen atoms in total. The van der Waals surface area contributed by atoms with Crippen molar-refractivity contribution in [2.75, 3.05) is 16.8 Å². The van der Waals surface area contributed by atoms with E-state index >= 15 is 0 Å². The second-order valence-corrected chi connectivity index (χ2v) is 24.2. The van der Waals surface area contributed by atoms with Crippen LogP contribution in [0.25, 0.3) is 11.1 Å². The Morgan fingerprint density at radius 3 is 1.60 bits per heavy atom. The number of nitrogens with one attached hydrogen (secondary N) is 3. The second-order valence-electron chi connectivity index (χ2n) is 19.0. The van der Waals surface area contributed by atoms with E-state index < -0.39 is 24.4 Å². The van der Waals surface area contributed by atoms with Crippen LogP contribution in [0.5, 0.6) is 0 Å². The van der Waals surface area contributed by atoms with Crippen LogP contribution >= 0.6 is 75.7 Å². The predicted molar refractivity (Wildman–Crippen MR) is 307 cm³/mol. The number of aromatic nitrogens is 4. The maximum atomic E-state index is 13.9. The van der Waals surface area contributed by atoms with Crippen LogP contribution in [0.4, 0.5) is 32.3 Å². The zero-order valence-electron chi connectivity index (χ0n) is 42.1. The average Bonchev–Trinajstić information content (AvgIpc) is 4.05. The van der Waals surface area contributed by atoms with Gasteiger partial charge in [-0.25, -0.2) is 19.9 Å². The molecule has 0 aliphatic heterocycles. The number of anilines is 1. The Morgan fingerprint density at radius 1 is 0.654 bits per heavy atom. The van der Waals surface area contributed by atoms with Crippen LogP contribution in [0.15, 0.2) is 135 Å². The first-order valence-corrected chi connectivity index (χ1v) is 31.0. The summed E-state index contributed by atoms with van der Waals surface area (Å²) in [6, 6.07) is 25.3. The van der Waals surface area contributed by atoms with Crippen molar-refractivity contribution in [3.8, 4) is 0 Å². The number of hydrogen-bond acceptors (Lipinski definition) is 9. The summed E-state index contributed by atoms with van der Waals surface area (Å²) in [6.45, 7) is 0. The Balaban J connectivity index is 0.000000179. The molecule has 2 fully saturated rings. The minimum atomic E-state index is -4.40. The zero-order valence-corrected chi connectivity index (χ0v) is 50.7. The van der Waals surface area contributed by atoms with Crippen LogP contribution in [0.1, 0.15) is 108 Å². The van der Waals surface area contributed by atoms with E-state index in [4.69, 9.17) is 43.7 Å². The van der Waals surface area contributed by atoms with Crippen LogP contribution in [0.3, 0.4) is 0 Å². The van der Waals surface area contributed by atoms with Gasteiger partial charge in [-0.3, -0.25) is 10.1 Å². The SMILES string of the molecule is CN=P.Clc1ncc(Cl)c(C2=CCc3ccccc32)n1.FC(F)(F)[C@H](N[C@H]1CCC[C@@H](Nc2ncc(Cl)c(C3=CCc4ccccc43)n2)C1)c1ccc(Br)cc1.N[I-]C[C@@H]1CCC[C@H](N[C@H](c2ccc(Br)cc2)C(F)(F)F)C1. The summed E-state index contributed by atoms with van der Waals surface area (Å²) in [5.41, 5.74) is 8.65. The van der Waals surface area contributed by atoms with E-state index in [9.17, 15) is 26.3 Å². The van der Waals surface area contributed by atoms with E-state index in [0.717, 1.165) is 81.4 Å². The predicted octanol–water partition coefficient (Wildman–Crippen LogP) is 13.4. The van der Waals surface area contributed by atoms with Gasteiger partial charge in [0.15, 0.2) is 0 Å². The van der Waals surface area contributed by atoms with Gasteiger partial charge in [0.1, 0.15) is 6.04 Å². The third-order valence-electron chi connectivity index (χ3n) is 13.6. The summed E-state index contributed by atoms with van der Waals surface area (Å²) in [4.78, 5) is 17.1. The number of nitrogens with two attached hydrogens (primary N) is 1. The molecule has 2 heterocycles. The third-order valence-corrected chi connectivity index (χ3v) is 17.1. The van der Waals surface area contributed by atoms with Crippen molar-refractivity contribution in [3.63, 3.8) is 0 Å². The first-order chi connectivity index (χ1) is 37.3. The molecule has 0 radical (unpaired) electrons. The van der Waals surface area contributed by atoms with Gasteiger partial charge in [0.05, 0.1) is 33.8 Å². The number of hydrogen-bond donors (Lipinski definition) is 4. The van der Waals surface area contributed by atoms with Gasteiger partial charge in [0.25, 0.3) is 0 Å². The fourth-order valence-electron chi connectivity index (χ4n) is 10.1. The molecule has 0 unspecified atom stereocenters. The molecular weight excluding hydrogens is 1340 g/mol. The number of rotatable bonds is 12. The molecule has 4 aliphatic carbocycles. The normalized spacial score (nSPS) is 19.4. The molecule has 10 rings (SSSR count). The number of allylic oxidation sites excluding steroid dienone is 2. The molecule has 6 aromatic rings. The summed E-state index contributed by atoms with van der Waals surface area (Å²) in [7, 11) is 4.47. The molecule has 2 saturated carbocycles. The van der Waals surface area contributed by atoms with Crippen molar-refractivity contribution >= 4 is 92.8 Å². The summed E-state index contributed by atoms with van der Waals surface area (Å²) in [6.07, 6.45) is 6.95. The van der Waals surface area contributed by atoms with Crippen LogP contribution < -0.4 is 41.4 Å². The van der Waals surface area contributed by atoms with Gasteiger partial charge in [-0.15, -0.1) is 0 Å². The first-order valence-electron chi connectivity index (χ1n) is 25.1. The number of benzene rings is 4. The summed E-state index contributed by atoms with van der Waals surface area (Å²) in [5, 5.41) is 10.3. The molecule has 0 saturated heterocycles. The monoisotopic (exact) mass is 1390 g/mol. The molecule has 22 heteroatoms. The molecule has 0 amide bonds. The maximum absolute atomic E-state index is 13.9. The molecular formula is C56H57Br2Cl3F6IN9P-. The van der Waals surface area contributed by atoms with Crippen molar-refractivity contribution in [1.82, 2.24) is 30.6 Å². The number of nitrogens with zero attached hydrogens (tertiary/aromatic N) is 5. The van der Waals surface area contributed by atoms with E-state index in [0.29, 0.717) is 46.1 Å². The van der Waals surface area contributed by atoms with Gasteiger partial charge in [-0.1, -0.05) is 112 Å². The summed E-state index contributed by atoms with van der Waals surface area (Å²) >= 11 is 24.7. The molecule has 2 aromatic heterocycles. The van der Waals surface area contributed by atoms with Crippen molar-refractivity contribution in [3.05, 3.63) is 191 Å². The minimum absolute atomic E-state index is 0.0473. The van der Waals surface area contributed by atoms with Gasteiger partial charge in [0.2, 0.25) is 11.2 Å². The topological polar surface area (TPSA) is 126 Å². The molecule has 0 spiro atoms. The van der Waals surface area contributed by atoms with Crippen molar-refractivity contribution in [2.45, 2.75) is 107 Å². The molecule has 78 heavy (non-hydrogen) atoms. The molecule has 4 aliphatic rings. The van der Waals surface area contributed by atoms with Crippen molar-refractivity contribution < 1.29 is 47.8 Å². The Labute approximate surface area is 496 Å². The Bertz CT molecular complexity index is 3010. The van der Waals surface area contributed by atoms with Crippen LogP contribution in [-0.4, -0.2) is 61.9 Å². The van der Waals surface area contributed by atoms with Crippen LogP contribution in [0, 0.1) is 5.92 Å². The third kappa shape index (κ3) is 17.5. The van der Waals surface area contributed by atoms with Gasteiger partial charge in [-0.05, 0) is 99.1 Å². The fourth-order valence-corrected chi connectivity index (χ4v) is 12.6. The molecule has 6 atom stereocenters. The zero-order chi connectivity index (χ0) is 56.0. The number of halogens is 12. The van der Waals surface area contributed by atoms with Gasteiger partial charge >= 0.3 is 155 Å². The summed E-state index contributed by atoms with van der Waals surface area (Å²) < 4.78 is 93.5. The fraction of sp³-hybridized carbons (Fsp3) is 0.357.